The predicted octanol–water partition coefficient (Wildman–Crippen LogP) is 5.36. The topological polar surface area (TPSA) is 140 Å². The van der Waals surface area contributed by atoms with Gasteiger partial charge in [0.2, 0.25) is 15.8 Å². The van der Waals surface area contributed by atoms with Gasteiger partial charge in [-0.15, -0.1) is 0 Å². The first kappa shape index (κ1) is 30.7. The van der Waals surface area contributed by atoms with Crippen LogP contribution < -0.4 is 20.1 Å². The molecule has 3 rings (SSSR count). The Bertz CT molecular complexity index is 1530. The number of methoxy groups -OCH3 is 1. The molecule has 0 aliphatic carbocycles. The number of aromatic nitrogens is 1. The molecule has 3 N–H and O–H groups in total. The van der Waals surface area contributed by atoms with Crippen LogP contribution in [0.25, 0.3) is 11.3 Å². The van der Waals surface area contributed by atoms with Crippen molar-refractivity contribution in [1.82, 2.24) is 10.5 Å². The summed E-state index contributed by atoms with van der Waals surface area (Å²) in [5.41, 5.74) is 3.07. The van der Waals surface area contributed by atoms with E-state index in [1.807, 2.05) is 54.5 Å². The van der Waals surface area contributed by atoms with Crippen LogP contribution >= 0.6 is 0 Å². The highest BCUT2D eigenvalue weighted by atomic mass is 32.2. The number of nitrogens with one attached hydrogen (secondary N) is 3. The Morgan fingerprint density at radius 1 is 1.00 bits per heavy atom. The van der Waals surface area contributed by atoms with Gasteiger partial charge in [-0.05, 0) is 53.1 Å². The first-order valence-corrected chi connectivity index (χ1v) is 14.6. The third-order valence-corrected chi connectivity index (χ3v) is 6.57. The summed E-state index contributed by atoms with van der Waals surface area (Å²) in [5.74, 6) is -0.662. The fraction of sp³-hybridized carbons (Fsp3) is 0.414. The average Bonchev–Trinajstić information content (AvgIpc) is 3.31. The maximum Gasteiger partial charge on any atom is 0.289 e. The lowest BCUT2D eigenvalue weighted by Gasteiger charge is -2.23. The number of rotatable bonds is 8. The number of hydrogen-bond acceptors (Lipinski definition) is 7. The summed E-state index contributed by atoms with van der Waals surface area (Å²) in [6.07, 6.45) is 1.04. The minimum Gasteiger partial charge on any atom is -0.494 e. The van der Waals surface area contributed by atoms with Crippen molar-refractivity contribution in [3.05, 3.63) is 58.8 Å². The van der Waals surface area contributed by atoms with Crippen LogP contribution in [0.3, 0.4) is 0 Å². The second-order valence-electron chi connectivity index (χ2n) is 12.0. The summed E-state index contributed by atoms with van der Waals surface area (Å²) in [6, 6.07) is 10.2. The van der Waals surface area contributed by atoms with Gasteiger partial charge in [-0.2, -0.15) is 0 Å². The largest absolute Gasteiger partial charge is 0.494 e. The Kier molecular flexibility index (Phi) is 8.69. The van der Waals surface area contributed by atoms with Crippen molar-refractivity contribution in [3.63, 3.8) is 0 Å². The Labute approximate surface area is 235 Å². The van der Waals surface area contributed by atoms with E-state index < -0.39 is 15.9 Å². The van der Waals surface area contributed by atoms with Gasteiger partial charge in [-0.25, -0.2) is 8.42 Å². The number of sulfonamides is 1. The SMILES string of the molecule is COc1c(NS(C)(=O)=O)cc(C(C)(C)C)cc1C(=O)Nc1ccc(C)c(-c2cc(C(=O)NCC(C)(C)C)on2)c1. The number of ether oxygens (including phenoxy) is 1. The molecule has 0 bridgehead atoms. The van der Waals surface area contributed by atoms with Crippen molar-refractivity contribution in [2.75, 3.05) is 29.9 Å². The molecule has 0 spiro atoms. The molecule has 10 nitrogen and oxygen atoms in total. The van der Waals surface area contributed by atoms with E-state index in [1.165, 1.54) is 7.11 Å². The number of amides is 2. The number of benzene rings is 2. The average molecular weight is 571 g/mol. The van der Waals surface area contributed by atoms with Gasteiger partial charge >= 0.3 is 0 Å². The number of nitrogens with zero attached hydrogens (tertiary/aromatic N) is 1. The number of carbonyl (C=O) groups is 2. The molecule has 0 saturated heterocycles. The number of hydrogen-bond donors (Lipinski definition) is 3. The maximum atomic E-state index is 13.5. The van der Waals surface area contributed by atoms with Gasteiger partial charge < -0.3 is 19.9 Å². The van der Waals surface area contributed by atoms with Crippen LogP contribution in [0.15, 0.2) is 40.9 Å². The number of carbonyl (C=O) groups excluding carboxylic acids is 2. The molecule has 3 aromatic rings. The van der Waals surface area contributed by atoms with Crippen LogP contribution in [-0.4, -0.2) is 45.3 Å². The van der Waals surface area contributed by atoms with Crippen LogP contribution in [0.1, 0.15) is 73.6 Å². The molecule has 0 aliphatic heterocycles. The molecular weight excluding hydrogens is 532 g/mol. The summed E-state index contributed by atoms with van der Waals surface area (Å²) in [7, 11) is -2.26. The molecule has 0 saturated carbocycles. The van der Waals surface area contributed by atoms with E-state index in [2.05, 4.69) is 20.5 Å². The van der Waals surface area contributed by atoms with Gasteiger partial charge in [-0.3, -0.25) is 14.3 Å². The van der Waals surface area contributed by atoms with Gasteiger partial charge in [0.15, 0.2) is 5.75 Å². The third-order valence-electron chi connectivity index (χ3n) is 5.98. The van der Waals surface area contributed by atoms with E-state index in [9.17, 15) is 18.0 Å². The smallest absolute Gasteiger partial charge is 0.289 e. The molecule has 1 heterocycles. The molecule has 0 radical (unpaired) electrons. The summed E-state index contributed by atoms with van der Waals surface area (Å²) >= 11 is 0. The molecule has 216 valence electrons. The summed E-state index contributed by atoms with van der Waals surface area (Å²) in [4.78, 5) is 26.0. The lowest BCUT2D eigenvalue weighted by atomic mass is 9.85. The van der Waals surface area contributed by atoms with E-state index in [1.54, 1.807) is 30.3 Å². The van der Waals surface area contributed by atoms with Crippen LogP contribution in [-0.2, 0) is 15.4 Å². The quantitative estimate of drug-likeness (QED) is 0.331. The van der Waals surface area contributed by atoms with Crippen molar-refractivity contribution >= 4 is 33.2 Å². The van der Waals surface area contributed by atoms with E-state index in [4.69, 9.17) is 9.26 Å². The van der Waals surface area contributed by atoms with Crippen molar-refractivity contribution in [1.29, 1.82) is 0 Å². The molecule has 0 aliphatic rings. The van der Waals surface area contributed by atoms with Crippen molar-refractivity contribution in [2.24, 2.45) is 5.41 Å². The molecular formula is C29H38N4O6S. The fourth-order valence-corrected chi connectivity index (χ4v) is 4.39. The molecule has 0 fully saturated rings. The normalized spacial score (nSPS) is 12.1. The summed E-state index contributed by atoms with van der Waals surface area (Å²) in [6.45, 7) is 14.3. The van der Waals surface area contributed by atoms with Crippen LogP contribution in [0, 0.1) is 12.3 Å². The highest BCUT2D eigenvalue weighted by Crippen LogP contribution is 2.36. The zero-order chi connectivity index (χ0) is 30.0. The molecule has 11 heteroatoms. The molecule has 40 heavy (non-hydrogen) atoms. The van der Waals surface area contributed by atoms with Crippen molar-refractivity contribution in [2.45, 2.75) is 53.9 Å². The Hall–Kier alpha value is -3.86. The first-order valence-electron chi connectivity index (χ1n) is 12.8. The first-order chi connectivity index (χ1) is 18.4. The van der Waals surface area contributed by atoms with Gasteiger partial charge in [-0.1, -0.05) is 52.8 Å². The van der Waals surface area contributed by atoms with Crippen LogP contribution in [0.4, 0.5) is 11.4 Å². The fourth-order valence-electron chi connectivity index (χ4n) is 3.84. The number of anilines is 2. The van der Waals surface area contributed by atoms with Gasteiger partial charge in [0.1, 0.15) is 5.69 Å². The number of aryl methyl sites for hydroxylation is 1. The molecule has 1 aromatic heterocycles. The lowest BCUT2D eigenvalue weighted by Crippen LogP contribution is -2.31. The zero-order valence-corrected chi connectivity index (χ0v) is 25.3. The molecule has 0 unspecified atom stereocenters. The summed E-state index contributed by atoms with van der Waals surface area (Å²) < 4.78 is 37.3. The van der Waals surface area contributed by atoms with Crippen LogP contribution in [0.2, 0.25) is 0 Å². The van der Waals surface area contributed by atoms with Crippen LogP contribution in [0.5, 0.6) is 5.75 Å². The Morgan fingerprint density at radius 2 is 1.68 bits per heavy atom. The second-order valence-corrected chi connectivity index (χ2v) is 13.8. The molecule has 0 atom stereocenters. The third kappa shape index (κ3) is 7.84. The highest BCUT2D eigenvalue weighted by Gasteiger charge is 2.25. The summed E-state index contributed by atoms with van der Waals surface area (Å²) in [5, 5.41) is 9.77. The Balaban J connectivity index is 1.95. The minimum absolute atomic E-state index is 0.0850. The van der Waals surface area contributed by atoms with E-state index in [0.29, 0.717) is 23.5 Å². The minimum atomic E-state index is -3.64. The van der Waals surface area contributed by atoms with Crippen molar-refractivity contribution < 1.29 is 27.3 Å². The second kappa shape index (κ2) is 11.3. The van der Waals surface area contributed by atoms with Gasteiger partial charge in [0, 0.05) is 23.9 Å². The van der Waals surface area contributed by atoms with E-state index in [0.717, 1.165) is 17.4 Å². The van der Waals surface area contributed by atoms with E-state index >= 15 is 0 Å². The maximum absolute atomic E-state index is 13.5. The lowest BCUT2D eigenvalue weighted by molar-refractivity contribution is 0.0902. The van der Waals surface area contributed by atoms with Gasteiger partial charge in [0.05, 0.1) is 24.6 Å². The standard InChI is InChI=1S/C29H38N4O6S/c1-17-10-11-19(14-20(17)22-15-24(39-32-22)27(35)30-16-28(2,3)4)31-26(34)21-12-18(29(5,6)7)13-23(25(21)38-8)33-40(9,36)37/h10-15,33H,16H2,1-9H3,(H,30,35)(H,31,34). The monoisotopic (exact) mass is 570 g/mol. The highest BCUT2D eigenvalue weighted by molar-refractivity contribution is 7.92. The molecule has 2 amide bonds. The Morgan fingerprint density at radius 3 is 2.25 bits per heavy atom. The van der Waals surface area contributed by atoms with Crippen molar-refractivity contribution in [3.8, 4) is 17.0 Å². The van der Waals surface area contributed by atoms with Gasteiger partial charge in [0.25, 0.3) is 11.8 Å². The zero-order valence-electron chi connectivity index (χ0n) is 24.5. The van der Waals surface area contributed by atoms with E-state index in [-0.39, 0.29) is 39.5 Å². The predicted molar refractivity (Wildman–Crippen MR) is 157 cm³/mol. The molecule has 2 aromatic carbocycles.